The Hall–Kier alpha value is -3.14. The summed E-state index contributed by atoms with van der Waals surface area (Å²) in [6, 6.07) is 16.2. The Labute approximate surface area is 228 Å². The van der Waals surface area contributed by atoms with Gasteiger partial charge in [-0.25, -0.2) is 13.4 Å². The van der Waals surface area contributed by atoms with Crippen LogP contribution in [0.3, 0.4) is 0 Å². The highest BCUT2D eigenvalue weighted by Crippen LogP contribution is 2.32. The van der Waals surface area contributed by atoms with Crippen LogP contribution in [0.1, 0.15) is 60.5 Å². The molecule has 4 aromatic rings. The van der Waals surface area contributed by atoms with Gasteiger partial charge in [-0.3, -0.25) is 14.7 Å². The fraction of sp³-hybridized carbons (Fsp3) is 0.345. The van der Waals surface area contributed by atoms with Crippen molar-refractivity contribution in [3.05, 3.63) is 83.7 Å². The van der Waals surface area contributed by atoms with E-state index >= 15 is 0 Å². The molecular weight excluding hydrogens is 516 g/mol. The standard InChI is InChI=1S/C29H32N4O3S2/c1-3-33(24-7-5-4-6-8-24)38(35,36)25-12-10-23(11-13-25)28(34)32(20-22-15-17-30-18-16-22)29-31-26-14-9-21(2)19-27(26)37-29/h9-19,24H,3-8,20H2,1-2H3. The number of carbonyl (C=O) groups excluding carboxylic acids is 1. The smallest absolute Gasteiger partial charge is 0.260 e. The van der Waals surface area contributed by atoms with E-state index in [0.29, 0.717) is 23.8 Å². The van der Waals surface area contributed by atoms with Crippen LogP contribution >= 0.6 is 11.3 Å². The van der Waals surface area contributed by atoms with Gasteiger partial charge < -0.3 is 0 Å². The van der Waals surface area contributed by atoms with E-state index < -0.39 is 10.0 Å². The average Bonchev–Trinajstić information content (AvgIpc) is 3.36. The van der Waals surface area contributed by atoms with Gasteiger partial charge in [0.15, 0.2) is 5.13 Å². The van der Waals surface area contributed by atoms with Crippen LogP contribution in [0, 0.1) is 6.92 Å². The van der Waals surface area contributed by atoms with E-state index in [2.05, 4.69) is 11.1 Å². The van der Waals surface area contributed by atoms with Gasteiger partial charge in [-0.1, -0.05) is 43.6 Å². The second kappa shape index (κ2) is 11.3. The highest BCUT2D eigenvalue weighted by Gasteiger charge is 2.31. The summed E-state index contributed by atoms with van der Waals surface area (Å²) in [6.45, 7) is 4.68. The third-order valence-electron chi connectivity index (χ3n) is 7.10. The molecule has 0 bridgehead atoms. The predicted octanol–water partition coefficient (Wildman–Crippen LogP) is 6.19. The number of hydrogen-bond acceptors (Lipinski definition) is 6. The van der Waals surface area contributed by atoms with Crippen molar-refractivity contribution in [2.24, 2.45) is 0 Å². The molecule has 5 rings (SSSR count). The van der Waals surface area contributed by atoms with Crippen LogP contribution in [-0.4, -0.2) is 41.2 Å². The fourth-order valence-electron chi connectivity index (χ4n) is 5.09. The summed E-state index contributed by atoms with van der Waals surface area (Å²) in [5, 5.41) is 0.596. The summed E-state index contributed by atoms with van der Waals surface area (Å²) in [5.41, 5.74) is 3.31. The molecule has 0 saturated heterocycles. The highest BCUT2D eigenvalue weighted by molar-refractivity contribution is 7.89. The summed E-state index contributed by atoms with van der Waals surface area (Å²) in [4.78, 5) is 24.5. The minimum absolute atomic E-state index is 0.0404. The van der Waals surface area contributed by atoms with Crippen molar-refractivity contribution in [1.29, 1.82) is 0 Å². The zero-order valence-electron chi connectivity index (χ0n) is 21.7. The number of hydrogen-bond donors (Lipinski definition) is 0. The quantitative estimate of drug-likeness (QED) is 0.262. The molecule has 198 valence electrons. The molecule has 0 radical (unpaired) electrons. The summed E-state index contributed by atoms with van der Waals surface area (Å²) >= 11 is 1.47. The monoisotopic (exact) mass is 548 g/mol. The van der Waals surface area contributed by atoms with E-state index in [0.717, 1.165) is 53.4 Å². The lowest BCUT2D eigenvalue weighted by Crippen LogP contribution is -2.41. The second-order valence-corrected chi connectivity index (χ2v) is 12.6. The van der Waals surface area contributed by atoms with Crippen LogP contribution in [0.5, 0.6) is 0 Å². The second-order valence-electron chi connectivity index (χ2n) is 9.74. The van der Waals surface area contributed by atoms with E-state index in [-0.39, 0.29) is 16.8 Å². The Bertz CT molecular complexity index is 1510. The number of aryl methyl sites for hydroxylation is 1. The molecule has 1 fully saturated rings. The lowest BCUT2D eigenvalue weighted by atomic mass is 9.95. The van der Waals surface area contributed by atoms with Gasteiger partial charge in [-0.05, 0) is 79.4 Å². The molecular formula is C29H32N4O3S2. The van der Waals surface area contributed by atoms with Crippen molar-refractivity contribution in [3.63, 3.8) is 0 Å². The molecule has 2 aromatic carbocycles. The zero-order chi connectivity index (χ0) is 26.7. The van der Waals surface area contributed by atoms with Gasteiger partial charge in [0.2, 0.25) is 10.0 Å². The van der Waals surface area contributed by atoms with E-state index in [1.807, 2.05) is 38.1 Å². The first kappa shape index (κ1) is 26.5. The van der Waals surface area contributed by atoms with Crippen LogP contribution in [0.15, 0.2) is 71.9 Å². The number of nitrogens with zero attached hydrogens (tertiary/aromatic N) is 4. The normalized spacial score (nSPS) is 14.7. The molecule has 1 aliphatic rings. The minimum Gasteiger partial charge on any atom is -0.279 e. The minimum atomic E-state index is -3.64. The molecule has 2 aromatic heterocycles. The number of rotatable bonds is 8. The van der Waals surface area contributed by atoms with Crippen molar-refractivity contribution < 1.29 is 13.2 Å². The Balaban J connectivity index is 1.45. The maximum Gasteiger partial charge on any atom is 0.260 e. The zero-order valence-corrected chi connectivity index (χ0v) is 23.3. The molecule has 0 N–H and O–H groups in total. The van der Waals surface area contributed by atoms with Crippen molar-refractivity contribution >= 4 is 42.6 Å². The molecule has 1 amide bonds. The molecule has 7 nitrogen and oxygen atoms in total. The van der Waals surface area contributed by atoms with E-state index in [1.54, 1.807) is 45.9 Å². The van der Waals surface area contributed by atoms with Crippen LogP contribution in [-0.2, 0) is 16.6 Å². The Morgan fingerprint density at radius 3 is 2.39 bits per heavy atom. The molecule has 0 atom stereocenters. The van der Waals surface area contributed by atoms with E-state index in [9.17, 15) is 13.2 Å². The number of pyridine rings is 1. The summed E-state index contributed by atoms with van der Waals surface area (Å²) in [6.07, 6.45) is 8.47. The topological polar surface area (TPSA) is 83.5 Å². The van der Waals surface area contributed by atoms with Crippen molar-refractivity contribution in [2.75, 3.05) is 11.4 Å². The summed E-state index contributed by atoms with van der Waals surface area (Å²) in [5.74, 6) is -0.235. The van der Waals surface area contributed by atoms with Gasteiger partial charge in [0.25, 0.3) is 5.91 Å². The van der Waals surface area contributed by atoms with Crippen molar-refractivity contribution in [2.45, 2.75) is 63.4 Å². The third kappa shape index (κ3) is 5.50. The summed E-state index contributed by atoms with van der Waals surface area (Å²) in [7, 11) is -3.64. The molecule has 0 spiro atoms. The number of fused-ring (bicyclic) bond motifs is 1. The van der Waals surface area contributed by atoms with Crippen molar-refractivity contribution in [3.8, 4) is 0 Å². The number of aromatic nitrogens is 2. The Morgan fingerprint density at radius 1 is 1.00 bits per heavy atom. The fourth-order valence-corrected chi connectivity index (χ4v) is 7.84. The molecule has 38 heavy (non-hydrogen) atoms. The predicted molar refractivity (Wildman–Crippen MR) is 152 cm³/mol. The number of sulfonamides is 1. The number of carbonyl (C=O) groups is 1. The SMILES string of the molecule is CCN(C1CCCCC1)S(=O)(=O)c1ccc(C(=O)N(Cc2ccncc2)c2nc3ccc(C)cc3s2)cc1. The first-order valence-electron chi connectivity index (χ1n) is 13.1. The first-order chi connectivity index (χ1) is 18.4. The average molecular weight is 549 g/mol. The maximum atomic E-state index is 13.8. The number of benzene rings is 2. The Morgan fingerprint density at radius 2 is 1.71 bits per heavy atom. The summed E-state index contributed by atoms with van der Waals surface area (Å²) < 4.78 is 29.6. The van der Waals surface area contributed by atoms with E-state index in [1.165, 1.54) is 11.3 Å². The number of thiazole rings is 1. The Kier molecular flexibility index (Phi) is 7.88. The molecule has 2 heterocycles. The number of amides is 1. The molecule has 1 aliphatic carbocycles. The number of anilines is 1. The van der Waals surface area contributed by atoms with Crippen LogP contribution in [0.25, 0.3) is 10.2 Å². The van der Waals surface area contributed by atoms with Crippen LogP contribution in [0.4, 0.5) is 5.13 Å². The third-order valence-corrected chi connectivity index (χ3v) is 10.2. The van der Waals surface area contributed by atoms with Gasteiger partial charge in [0, 0.05) is 30.5 Å². The van der Waals surface area contributed by atoms with Gasteiger partial charge in [-0.15, -0.1) is 0 Å². The first-order valence-corrected chi connectivity index (χ1v) is 15.3. The van der Waals surface area contributed by atoms with Gasteiger partial charge in [0.05, 0.1) is 21.7 Å². The van der Waals surface area contributed by atoms with Crippen LogP contribution < -0.4 is 4.90 Å². The lowest BCUT2D eigenvalue weighted by Gasteiger charge is -2.32. The molecule has 9 heteroatoms. The molecule has 0 unspecified atom stereocenters. The van der Waals surface area contributed by atoms with E-state index in [4.69, 9.17) is 4.98 Å². The largest absolute Gasteiger partial charge is 0.279 e. The van der Waals surface area contributed by atoms with Gasteiger partial charge in [-0.2, -0.15) is 4.31 Å². The molecule has 0 aliphatic heterocycles. The van der Waals surface area contributed by atoms with Gasteiger partial charge in [0.1, 0.15) is 0 Å². The van der Waals surface area contributed by atoms with Crippen molar-refractivity contribution in [1.82, 2.24) is 14.3 Å². The van der Waals surface area contributed by atoms with Crippen LogP contribution in [0.2, 0.25) is 0 Å². The maximum absolute atomic E-state index is 13.8. The van der Waals surface area contributed by atoms with Gasteiger partial charge >= 0.3 is 0 Å². The molecule has 1 saturated carbocycles. The highest BCUT2D eigenvalue weighted by atomic mass is 32.2. The lowest BCUT2D eigenvalue weighted by molar-refractivity contribution is 0.0985.